The van der Waals surface area contributed by atoms with Gasteiger partial charge in [-0.1, -0.05) is 0 Å². The Balaban J connectivity index is 1.51. The van der Waals surface area contributed by atoms with Gasteiger partial charge in [0.25, 0.3) is 0 Å². The molecule has 1 aromatic heterocycles. The molecule has 1 fully saturated rings. The van der Waals surface area contributed by atoms with Crippen LogP contribution in [0.5, 0.6) is 0 Å². The van der Waals surface area contributed by atoms with Gasteiger partial charge in [-0.15, -0.1) is 0 Å². The van der Waals surface area contributed by atoms with E-state index in [0.717, 1.165) is 30.8 Å². The molecule has 7 heteroatoms. The van der Waals surface area contributed by atoms with Gasteiger partial charge in [-0.3, -0.25) is 9.48 Å². The number of rotatable bonds is 6. The van der Waals surface area contributed by atoms with Crippen LogP contribution >= 0.6 is 0 Å². The van der Waals surface area contributed by atoms with Gasteiger partial charge in [0.05, 0.1) is 6.20 Å². The van der Waals surface area contributed by atoms with Gasteiger partial charge in [0.2, 0.25) is 5.91 Å². The number of anilines is 1. The van der Waals surface area contributed by atoms with Crippen molar-refractivity contribution < 1.29 is 9.18 Å². The van der Waals surface area contributed by atoms with Gasteiger partial charge in [0, 0.05) is 44.1 Å². The third-order valence-electron chi connectivity index (χ3n) is 4.65. The van der Waals surface area contributed by atoms with Crippen LogP contribution in [0.25, 0.3) is 0 Å². The number of likely N-dealkylation sites (N-methyl/N-ethyl adjacent to an activating group) is 1. The molecule has 2 unspecified atom stereocenters. The first kappa shape index (κ1) is 17.4. The normalized spacial score (nSPS) is 18.4. The number of nitrogens with zero attached hydrogens (tertiary/aromatic N) is 3. The van der Waals surface area contributed by atoms with Gasteiger partial charge in [-0.2, -0.15) is 5.10 Å². The Labute approximate surface area is 147 Å². The van der Waals surface area contributed by atoms with Crippen molar-refractivity contribution in [2.75, 3.05) is 31.6 Å². The highest BCUT2D eigenvalue weighted by atomic mass is 19.1. The number of benzene rings is 1. The van der Waals surface area contributed by atoms with Crippen molar-refractivity contribution >= 4 is 11.6 Å². The number of carbonyl (C=O) groups is 1. The van der Waals surface area contributed by atoms with Crippen LogP contribution < -0.4 is 15.5 Å². The monoisotopic (exact) mass is 345 g/mol. The van der Waals surface area contributed by atoms with Crippen molar-refractivity contribution in [3.8, 4) is 0 Å². The molecule has 134 valence electrons. The average Bonchev–Trinajstić information content (AvgIpc) is 3.24. The number of hydrogen-bond acceptors (Lipinski definition) is 4. The highest BCUT2D eigenvalue weighted by molar-refractivity contribution is 5.83. The predicted molar refractivity (Wildman–Crippen MR) is 94.7 cm³/mol. The quantitative estimate of drug-likeness (QED) is 0.832. The third kappa shape index (κ3) is 4.17. The van der Waals surface area contributed by atoms with Crippen LogP contribution in [0.2, 0.25) is 0 Å². The van der Waals surface area contributed by atoms with Gasteiger partial charge in [0.1, 0.15) is 11.9 Å². The zero-order valence-corrected chi connectivity index (χ0v) is 14.6. The summed E-state index contributed by atoms with van der Waals surface area (Å²) in [5.74, 6) is 0.122. The van der Waals surface area contributed by atoms with E-state index in [-0.39, 0.29) is 11.7 Å². The standard InChI is InChI=1S/C18H24FN5O/c1-20-17(14-10-22-23(2)12-14)18(25)21-9-13-7-8-24(11-13)16-5-3-15(19)4-6-16/h3-6,10,12-13,17,20H,7-9,11H2,1-2H3,(H,21,25). The Morgan fingerprint density at radius 2 is 2.16 bits per heavy atom. The molecule has 1 aliphatic heterocycles. The van der Waals surface area contributed by atoms with E-state index < -0.39 is 6.04 Å². The topological polar surface area (TPSA) is 62.2 Å². The van der Waals surface area contributed by atoms with Crippen LogP contribution in [0.4, 0.5) is 10.1 Å². The molecule has 1 saturated heterocycles. The average molecular weight is 345 g/mol. The van der Waals surface area contributed by atoms with E-state index in [9.17, 15) is 9.18 Å². The third-order valence-corrected chi connectivity index (χ3v) is 4.65. The van der Waals surface area contributed by atoms with Crippen molar-refractivity contribution in [3.63, 3.8) is 0 Å². The number of nitrogens with one attached hydrogen (secondary N) is 2. The fourth-order valence-corrected chi connectivity index (χ4v) is 3.27. The molecule has 1 amide bonds. The Morgan fingerprint density at radius 3 is 2.80 bits per heavy atom. The van der Waals surface area contributed by atoms with E-state index in [2.05, 4.69) is 20.6 Å². The summed E-state index contributed by atoms with van der Waals surface area (Å²) >= 11 is 0. The van der Waals surface area contributed by atoms with Crippen LogP contribution in [-0.2, 0) is 11.8 Å². The number of aryl methyl sites for hydroxylation is 1. The fraction of sp³-hybridized carbons (Fsp3) is 0.444. The maximum atomic E-state index is 13.0. The molecule has 0 radical (unpaired) electrons. The number of amides is 1. The summed E-state index contributed by atoms with van der Waals surface area (Å²) in [7, 11) is 3.60. The van der Waals surface area contributed by atoms with Gasteiger partial charge in [-0.25, -0.2) is 4.39 Å². The van der Waals surface area contributed by atoms with Crippen molar-refractivity contribution in [2.24, 2.45) is 13.0 Å². The van der Waals surface area contributed by atoms with Crippen LogP contribution in [0.3, 0.4) is 0 Å². The van der Waals surface area contributed by atoms with Crippen LogP contribution in [0.15, 0.2) is 36.7 Å². The first-order chi connectivity index (χ1) is 12.1. The van der Waals surface area contributed by atoms with Crippen molar-refractivity contribution in [1.82, 2.24) is 20.4 Å². The fourth-order valence-electron chi connectivity index (χ4n) is 3.27. The van der Waals surface area contributed by atoms with Crippen molar-refractivity contribution in [3.05, 3.63) is 48.0 Å². The van der Waals surface area contributed by atoms with Gasteiger partial charge >= 0.3 is 0 Å². The maximum Gasteiger partial charge on any atom is 0.241 e. The minimum atomic E-state index is -0.400. The Bertz CT molecular complexity index is 715. The van der Waals surface area contributed by atoms with Gasteiger partial charge in [0.15, 0.2) is 0 Å². The second-order valence-electron chi connectivity index (χ2n) is 6.49. The number of hydrogen-bond donors (Lipinski definition) is 2. The van der Waals surface area contributed by atoms with Crippen molar-refractivity contribution in [2.45, 2.75) is 12.5 Å². The Morgan fingerprint density at radius 1 is 1.40 bits per heavy atom. The molecule has 0 aliphatic carbocycles. The summed E-state index contributed by atoms with van der Waals surface area (Å²) in [5.41, 5.74) is 1.88. The molecule has 2 aromatic rings. The smallest absolute Gasteiger partial charge is 0.241 e. The lowest BCUT2D eigenvalue weighted by Crippen LogP contribution is -2.38. The molecule has 3 rings (SSSR count). The lowest BCUT2D eigenvalue weighted by atomic mass is 10.1. The lowest BCUT2D eigenvalue weighted by molar-refractivity contribution is -0.123. The van der Waals surface area contributed by atoms with Gasteiger partial charge < -0.3 is 15.5 Å². The molecule has 2 heterocycles. The first-order valence-corrected chi connectivity index (χ1v) is 8.51. The minimum Gasteiger partial charge on any atom is -0.371 e. The molecule has 6 nitrogen and oxygen atoms in total. The summed E-state index contributed by atoms with van der Waals surface area (Å²) in [6.07, 6.45) is 4.55. The molecular weight excluding hydrogens is 321 g/mol. The molecule has 25 heavy (non-hydrogen) atoms. The van der Waals surface area contributed by atoms with Crippen LogP contribution in [0, 0.1) is 11.7 Å². The summed E-state index contributed by atoms with van der Waals surface area (Å²) in [4.78, 5) is 14.7. The molecule has 0 bridgehead atoms. The summed E-state index contributed by atoms with van der Waals surface area (Å²) < 4.78 is 14.7. The van der Waals surface area contributed by atoms with E-state index in [1.54, 1.807) is 30.1 Å². The predicted octanol–water partition coefficient (Wildman–Crippen LogP) is 1.46. The van der Waals surface area contributed by atoms with E-state index >= 15 is 0 Å². The number of halogens is 1. The summed E-state index contributed by atoms with van der Waals surface area (Å²) in [6.45, 7) is 2.42. The Hall–Kier alpha value is -2.41. The van der Waals surface area contributed by atoms with E-state index in [1.165, 1.54) is 12.1 Å². The number of carbonyl (C=O) groups excluding carboxylic acids is 1. The van der Waals surface area contributed by atoms with E-state index in [0.29, 0.717) is 12.5 Å². The second-order valence-corrected chi connectivity index (χ2v) is 6.49. The highest BCUT2D eigenvalue weighted by Gasteiger charge is 2.25. The van der Waals surface area contributed by atoms with E-state index in [4.69, 9.17) is 0 Å². The van der Waals surface area contributed by atoms with Crippen LogP contribution in [-0.4, -0.2) is 42.4 Å². The Kier molecular flexibility index (Phi) is 5.33. The highest BCUT2D eigenvalue weighted by Crippen LogP contribution is 2.23. The summed E-state index contributed by atoms with van der Waals surface area (Å²) in [6, 6.07) is 6.17. The molecule has 0 spiro atoms. The second kappa shape index (κ2) is 7.65. The SMILES string of the molecule is CNC(C(=O)NCC1CCN(c2ccc(F)cc2)C1)c1cnn(C)c1. The molecule has 2 atom stereocenters. The van der Waals surface area contributed by atoms with Crippen LogP contribution in [0.1, 0.15) is 18.0 Å². The lowest BCUT2D eigenvalue weighted by Gasteiger charge is -2.20. The maximum absolute atomic E-state index is 13.0. The largest absolute Gasteiger partial charge is 0.371 e. The minimum absolute atomic E-state index is 0.0456. The molecule has 0 saturated carbocycles. The molecule has 1 aliphatic rings. The summed E-state index contributed by atoms with van der Waals surface area (Å²) in [5, 5.41) is 10.2. The zero-order chi connectivity index (χ0) is 17.8. The molecule has 1 aromatic carbocycles. The molecular formula is C18H24FN5O. The molecule has 2 N–H and O–H groups in total. The number of aromatic nitrogens is 2. The van der Waals surface area contributed by atoms with Crippen molar-refractivity contribution in [1.29, 1.82) is 0 Å². The zero-order valence-electron chi connectivity index (χ0n) is 14.6. The van der Waals surface area contributed by atoms with E-state index in [1.807, 2.05) is 13.2 Å². The first-order valence-electron chi connectivity index (χ1n) is 8.51. The van der Waals surface area contributed by atoms with Gasteiger partial charge in [-0.05, 0) is 43.7 Å².